The highest BCUT2D eigenvalue weighted by atomic mass is 32.2. The number of benzene rings is 1. The third kappa shape index (κ3) is 4.42. The predicted molar refractivity (Wildman–Crippen MR) is 115 cm³/mol. The lowest BCUT2D eigenvalue weighted by atomic mass is 10.00. The maximum absolute atomic E-state index is 13.6. The average molecular weight is 436 g/mol. The number of rotatable bonds is 6. The second-order valence-electron chi connectivity index (χ2n) is 8.60. The lowest BCUT2D eigenvalue weighted by molar-refractivity contribution is 0.0553. The van der Waals surface area contributed by atoms with Crippen LogP contribution in [0.2, 0.25) is 0 Å². The lowest BCUT2D eigenvalue weighted by Gasteiger charge is -2.38. The van der Waals surface area contributed by atoms with Crippen molar-refractivity contribution in [3.63, 3.8) is 0 Å². The Balaban J connectivity index is 1.59. The Morgan fingerprint density at radius 1 is 1.07 bits per heavy atom. The van der Waals surface area contributed by atoms with Crippen LogP contribution < -0.4 is 0 Å². The van der Waals surface area contributed by atoms with Crippen LogP contribution in [0.1, 0.15) is 48.5 Å². The summed E-state index contributed by atoms with van der Waals surface area (Å²) in [6.07, 6.45) is 4.07. The van der Waals surface area contributed by atoms with Crippen LogP contribution in [-0.4, -0.2) is 86.5 Å². The minimum atomic E-state index is -3.62. The van der Waals surface area contributed by atoms with Gasteiger partial charge in [-0.25, -0.2) is 8.42 Å². The molecule has 0 aromatic heterocycles. The first-order valence-electron chi connectivity index (χ1n) is 11.2. The van der Waals surface area contributed by atoms with E-state index >= 15 is 0 Å². The molecule has 0 radical (unpaired) electrons. The number of morpholine rings is 1. The molecule has 8 heteroatoms. The number of amides is 1. The van der Waals surface area contributed by atoms with Crippen molar-refractivity contribution in [1.82, 2.24) is 14.1 Å². The van der Waals surface area contributed by atoms with Crippen molar-refractivity contribution in [3.8, 4) is 0 Å². The predicted octanol–water partition coefficient (Wildman–Crippen LogP) is 2.10. The first-order valence-corrected chi connectivity index (χ1v) is 12.6. The highest BCUT2D eigenvalue weighted by Gasteiger charge is 2.39. The summed E-state index contributed by atoms with van der Waals surface area (Å²) < 4.78 is 32.9. The maximum atomic E-state index is 13.6. The fourth-order valence-electron chi connectivity index (χ4n) is 4.56. The standard InChI is InChI=1S/C22H33N3O4S/c1-3-23-10-8-19(9-11-23)25(18-5-6-18)22(26)21-16-20(7-4-17(21)2)30(27,28)24-12-14-29-15-13-24/h4,7,16,18-19H,3,5-6,8-15H2,1-2H3. The molecular formula is C22H33N3O4S. The van der Waals surface area contributed by atoms with Crippen LogP contribution in [-0.2, 0) is 14.8 Å². The Kier molecular flexibility index (Phi) is 6.48. The van der Waals surface area contributed by atoms with E-state index in [1.165, 1.54) is 4.31 Å². The largest absolute Gasteiger partial charge is 0.379 e. The zero-order chi connectivity index (χ0) is 21.3. The minimum absolute atomic E-state index is 0.0102. The molecule has 1 aromatic carbocycles. The normalized spacial score (nSPS) is 22.2. The first kappa shape index (κ1) is 21.7. The topological polar surface area (TPSA) is 70.2 Å². The van der Waals surface area contributed by atoms with Gasteiger partial charge in [-0.2, -0.15) is 4.31 Å². The minimum Gasteiger partial charge on any atom is -0.379 e. The summed E-state index contributed by atoms with van der Waals surface area (Å²) in [5, 5.41) is 0. The number of carbonyl (C=O) groups excluding carboxylic acids is 1. The molecule has 1 aliphatic carbocycles. The summed E-state index contributed by atoms with van der Waals surface area (Å²) in [4.78, 5) is 18.3. The molecule has 166 valence electrons. The van der Waals surface area contributed by atoms with Gasteiger partial charge in [-0.1, -0.05) is 13.0 Å². The number of nitrogens with zero attached hydrogens (tertiary/aromatic N) is 3. The van der Waals surface area contributed by atoms with Gasteiger partial charge in [-0.3, -0.25) is 4.79 Å². The van der Waals surface area contributed by atoms with Gasteiger partial charge in [-0.05, 0) is 56.8 Å². The van der Waals surface area contributed by atoms with E-state index in [2.05, 4.69) is 16.7 Å². The van der Waals surface area contributed by atoms with Gasteiger partial charge in [0.2, 0.25) is 10.0 Å². The van der Waals surface area contributed by atoms with Crippen molar-refractivity contribution in [3.05, 3.63) is 29.3 Å². The number of likely N-dealkylation sites (tertiary alicyclic amines) is 1. The zero-order valence-electron chi connectivity index (χ0n) is 18.0. The number of sulfonamides is 1. The van der Waals surface area contributed by atoms with Gasteiger partial charge >= 0.3 is 0 Å². The number of ether oxygens (including phenoxy) is 1. The summed E-state index contributed by atoms with van der Waals surface area (Å²) in [6.45, 7) is 8.66. The molecule has 0 atom stereocenters. The van der Waals surface area contributed by atoms with Crippen LogP contribution in [0.15, 0.2) is 23.1 Å². The molecule has 7 nitrogen and oxygen atoms in total. The molecular weight excluding hydrogens is 402 g/mol. The van der Waals surface area contributed by atoms with E-state index in [9.17, 15) is 13.2 Å². The SMILES string of the molecule is CCN1CCC(N(C(=O)c2cc(S(=O)(=O)N3CCOCC3)ccc2C)C2CC2)CC1. The molecule has 3 fully saturated rings. The molecule has 2 heterocycles. The zero-order valence-corrected chi connectivity index (χ0v) is 18.9. The van der Waals surface area contributed by atoms with Crippen molar-refractivity contribution in [2.24, 2.45) is 0 Å². The molecule has 0 N–H and O–H groups in total. The Labute approximate surface area is 180 Å². The van der Waals surface area contributed by atoms with E-state index in [0.29, 0.717) is 37.9 Å². The molecule has 3 aliphatic rings. The summed E-state index contributed by atoms with van der Waals surface area (Å²) in [5.74, 6) is -0.0102. The lowest BCUT2D eigenvalue weighted by Crippen LogP contribution is -2.48. The first-order chi connectivity index (χ1) is 14.4. The van der Waals surface area contributed by atoms with Crippen LogP contribution in [0, 0.1) is 6.92 Å². The summed E-state index contributed by atoms with van der Waals surface area (Å²) in [5.41, 5.74) is 1.35. The van der Waals surface area contributed by atoms with Crippen LogP contribution >= 0.6 is 0 Å². The van der Waals surface area contributed by atoms with E-state index in [-0.39, 0.29) is 16.8 Å². The summed E-state index contributed by atoms with van der Waals surface area (Å²) >= 11 is 0. The third-order valence-electron chi connectivity index (χ3n) is 6.62. The molecule has 0 bridgehead atoms. The van der Waals surface area contributed by atoms with Crippen LogP contribution in [0.5, 0.6) is 0 Å². The smallest absolute Gasteiger partial charge is 0.254 e. The van der Waals surface area contributed by atoms with E-state index in [1.54, 1.807) is 18.2 Å². The van der Waals surface area contributed by atoms with E-state index in [0.717, 1.165) is 50.9 Å². The number of aryl methyl sites for hydroxylation is 1. The van der Waals surface area contributed by atoms with E-state index in [1.807, 2.05) is 6.92 Å². The van der Waals surface area contributed by atoms with Crippen molar-refractivity contribution in [1.29, 1.82) is 0 Å². The van der Waals surface area contributed by atoms with E-state index in [4.69, 9.17) is 4.74 Å². The third-order valence-corrected chi connectivity index (χ3v) is 8.51. The van der Waals surface area contributed by atoms with Crippen LogP contribution in [0.25, 0.3) is 0 Å². The molecule has 1 amide bonds. The molecule has 0 spiro atoms. The number of hydrogen-bond donors (Lipinski definition) is 0. The van der Waals surface area contributed by atoms with Crippen molar-refractivity contribution < 1.29 is 17.9 Å². The fraction of sp³-hybridized carbons (Fsp3) is 0.682. The highest BCUT2D eigenvalue weighted by molar-refractivity contribution is 7.89. The monoisotopic (exact) mass is 435 g/mol. The number of hydrogen-bond acceptors (Lipinski definition) is 5. The van der Waals surface area contributed by atoms with Gasteiger partial charge in [0.1, 0.15) is 0 Å². The number of piperidine rings is 1. The van der Waals surface area contributed by atoms with Gasteiger partial charge in [0.15, 0.2) is 0 Å². The molecule has 1 aromatic rings. The van der Waals surface area contributed by atoms with Crippen molar-refractivity contribution in [2.45, 2.75) is 56.5 Å². The Morgan fingerprint density at radius 2 is 1.70 bits per heavy atom. The Hall–Kier alpha value is -1.48. The fourth-order valence-corrected chi connectivity index (χ4v) is 6.00. The molecule has 2 aliphatic heterocycles. The Morgan fingerprint density at radius 3 is 2.30 bits per heavy atom. The van der Waals surface area contributed by atoms with Gasteiger partial charge in [0.05, 0.1) is 18.1 Å². The summed E-state index contributed by atoms with van der Waals surface area (Å²) in [6, 6.07) is 5.53. The van der Waals surface area contributed by atoms with Crippen molar-refractivity contribution >= 4 is 15.9 Å². The second-order valence-corrected chi connectivity index (χ2v) is 10.5. The van der Waals surface area contributed by atoms with Gasteiger partial charge in [0, 0.05) is 43.8 Å². The second kappa shape index (κ2) is 8.94. The molecule has 2 saturated heterocycles. The molecule has 30 heavy (non-hydrogen) atoms. The molecule has 0 unspecified atom stereocenters. The number of carbonyl (C=O) groups is 1. The van der Waals surface area contributed by atoms with Gasteiger partial charge in [0.25, 0.3) is 5.91 Å². The molecule has 1 saturated carbocycles. The van der Waals surface area contributed by atoms with Crippen molar-refractivity contribution in [2.75, 3.05) is 45.9 Å². The quantitative estimate of drug-likeness (QED) is 0.685. The molecule has 4 rings (SSSR count). The average Bonchev–Trinajstić information content (AvgIpc) is 3.60. The Bertz CT molecular complexity index is 870. The van der Waals surface area contributed by atoms with E-state index < -0.39 is 10.0 Å². The highest BCUT2D eigenvalue weighted by Crippen LogP contribution is 2.34. The van der Waals surface area contributed by atoms with Gasteiger partial charge in [-0.15, -0.1) is 0 Å². The van der Waals surface area contributed by atoms with Crippen LogP contribution in [0.4, 0.5) is 0 Å². The van der Waals surface area contributed by atoms with Gasteiger partial charge < -0.3 is 14.5 Å². The summed E-state index contributed by atoms with van der Waals surface area (Å²) in [7, 11) is -3.62. The maximum Gasteiger partial charge on any atom is 0.254 e. The van der Waals surface area contributed by atoms with Crippen LogP contribution in [0.3, 0.4) is 0 Å².